The lowest BCUT2D eigenvalue weighted by atomic mass is 10.1. The number of allylic oxidation sites excluding steroid dienone is 4. The molecular weight excluding hydrogens is 304 g/mol. The van der Waals surface area contributed by atoms with Gasteiger partial charge in [0.1, 0.15) is 0 Å². The third-order valence-corrected chi connectivity index (χ3v) is 3.60. The van der Waals surface area contributed by atoms with E-state index in [1.807, 2.05) is 6.08 Å². The van der Waals surface area contributed by atoms with Gasteiger partial charge in [0.25, 0.3) is 0 Å². The number of hydrogen-bond acceptors (Lipinski definition) is 4. The van der Waals surface area contributed by atoms with Crippen molar-refractivity contribution in [2.24, 2.45) is 0 Å². The monoisotopic (exact) mass is 336 g/mol. The largest absolute Gasteiger partial charge is 0.345 e. The van der Waals surface area contributed by atoms with E-state index in [0.717, 1.165) is 6.42 Å². The molecule has 0 aromatic rings. The van der Waals surface area contributed by atoms with Gasteiger partial charge in [-0.15, -0.1) is 0 Å². The molecule has 4 heteroatoms. The molecule has 136 valence electrons. The molecule has 4 nitrogen and oxygen atoms in total. The molecule has 0 radical (unpaired) electrons. The van der Waals surface area contributed by atoms with Crippen molar-refractivity contribution in [3.05, 3.63) is 35.8 Å². The molecule has 24 heavy (non-hydrogen) atoms. The topological polar surface area (TPSA) is 55.8 Å². The van der Waals surface area contributed by atoms with Crippen molar-refractivity contribution in [1.82, 2.24) is 0 Å². The molecule has 0 heterocycles. The van der Waals surface area contributed by atoms with Gasteiger partial charge in [0.15, 0.2) is 0 Å². The van der Waals surface area contributed by atoms with Crippen LogP contribution >= 0.6 is 0 Å². The lowest BCUT2D eigenvalue weighted by Gasteiger charge is -2.00. The van der Waals surface area contributed by atoms with E-state index in [1.54, 1.807) is 12.2 Å². The summed E-state index contributed by atoms with van der Waals surface area (Å²) in [6.45, 7) is 2.25. The van der Waals surface area contributed by atoms with Gasteiger partial charge in [-0.3, -0.25) is 4.89 Å². The van der Waals surface area contributed by atoms with Crippen LogP contribution in [0.15, 0.2) is 35.8 Å². The maximum absolute atomic E-state index is 10.8. The van der Waals surface area contributed by atoms with Crippen LogP contribution in [0.2, 0.25) is 0 Å². The molecule has 0 aromatic carbocycles. The summed E-state index contributed by atoms with van der Waals surface area (Å²) in [6.07, 6.45) is 21.5. The molecule has 0 unspecified atom stereocenters. The Hall–Kier alpha value is -1.57. The van der Waals surface area contributed by atoms with E-state index in [-0.39, 0.29) is 6.42 Å². The minimum absolute atomic E-state index is 0.129. The summed E-state index contributed by atoms with van der Waals surface area (Å²) in [5, 5.41) is 11.2. The fraction of sp³-hybridized carbons (Fsp3) is 0.650. The van der Waals surface area contributed by atoms with Crippen LogP contribution < -0.4 is 0 Å². The second kappa shape index (κ2) is 19.5. The number of rotatable bonds is 15. The Bertz CT molecular complexity index is 413. The Balaban J connectivity index is 3.47. The van der Waals surface area contributed by atoms with Crippen LogP contribution in [0.1, 0.15) is 84.0 Å². The van der Waals surface area contributed by atoms with E-state index in [4.69, 9.17) is 5.26 Å². The van der Waals surface area contributed by atoms with Crippen molar-refractivity contribution in [3.8, 4) is 0 Å². The molecule has 0 bridgehead atoms. The molecule has 0 fully saturated rings. The van der Waals surface area contributed by atoms with Crippen molar-refractivity contribution in [3.63, 3.8) is 0 Å². The number of carbonyl (C=O) groups is 1. The quantitative estimate of drug-likeness (QED) is 0.130. The first-order valence-corrected chi connectivity index (χ1v) is 9.13. The Morgan fingerprint density at radius 1 is 0.958 bits per heavy atom. The summed E-state index contributed by atoms with van der Waals surface area (Å²) in [4.78, 5) is 14.7. The minimum atomic E-state index is -0.625. The summed E-state index contributed by atoms with van der Waals surface area (Å²) in [5.41, 5.74) is 5.71. The van der Waals surface area contributed by atoms with Crippen LogP contribution in [0.3, 0.4) is 0 Å². The van der Waals surface area contributed by atoms with Crippen LogP contribution in [0.5, 0.6) is 0 Å². The molecule has 0 aliphatic heterocycles. The van der Waals surface area contributed by atoms with Gasteiger partial charge in [-0.25, -0.2) is 10.1 Å². The highest BCUT2D eigenvalue weighted by Gasteiger charge is 2.00. The zero-order valence-corrected chi connectivity index (χ0v) is 15.0. The van der Waals surface area contributed by atoms with Gasteiger partial charge in [0.05, 0.1) is 6.42 Å². The molecule has 0 atom stereocenters. The van der Waals surface area contributed by atoms with Crippen LogP contribution in [-0.2, 0) is 14.7 Å². The van der Waals surface area contributed by atoms with Gasteiger partial charge in [0.2, 0.25) is 0 Å². The van der Waals surface area contributed by atoms with Crippen LogP contribution in [-0.4, -0.2) is 11.2 Å². The fourth-order valence-corrected chi connectivity index (χ4v) is 2.24. The average molecular weight is 336 g/mol. The highest BCUT2D eigenvalue weighted by molar-refractivity contribution is 5.68. The van der Waals surface area contributed by atoms with Gasteiger partial charge < -0.3 is 0 Å². The molecule has 1 N–H and O–H groups in total. The van der Waals surface area contributed by atoms with Crippen molar-refractivity contribution in [2.45, 2.75) is 84.0 Å². The predicted molar refractivity (Wildman–Crippen MR) is 96.2 cm³/mol. The van der Waals surface area contributed by atoms with Crippen LogP contribution in [0.4, 0.5) is 0 Å². The van der Waals surface area contributed by atoms with Gasteiger partial charge in [-0.05, 0) is 36.5 Å². The first-order chi connectivity index (χ1) is 11.8. The van der Waals surface area contributed by atoms with E-state index in [2.05, 4.69) is 34.4 Å². The highest BCUT2D eigenvalue weighted by atomic mass is 17.5. The third-order valence-electron chi connectivity index (χ3n) is 3.60. The fourth-order valence-electron chi connectivity index (χ4n) is 2.24. The first kappa shape index (κ1) is 22.4. The van der Waals surface area contributed by atoms with Gasteiger partial charge in [-0.2, -0.15) is 0 Å². The third kappa shape index (κ3) is 18.5. The van der Waals surface area contributed by atoms with Gasteiger partial charge >= 0.3 is 5.97 Å². The Kier molecular flexibility index (Phi) is 18.2. The normalized spacial score (nSPS) is 10.2. The number of hydrogen-bond donors (Lipinski definition) is 1. The molecule has 0 spiro atoms. The van der Waals surface area contributed by atoms with E-state index >= 15 is 0 Å². The van der Waals surface area contributed by atoms with Crippen LogP contribution in [0, 0.1) is 0 Å². The van der Waals surface area contributed by atoms with Gasteiger partial charge in [-0.1, -0.05) is 81.9 Å². The van der Waals surface area contributed by atoms with Crippen molar-refractivity contribution in [1.29, 1.82) is 0 Å². The lowest BCUT2D eigenvalue weighted by molar-refractivity contribution is -0.462. The lowest BCUT2D eigenvalue weighted by Crippen LogP contribution is -2.01. The van der Waals surface area contributed by atoms with E-state index in [1.165, 1.54) is 57.8 Å². The van der Waals surface area contributed by atoms with Gasteiger partial charge in [0, 0.05) is 0 Å². The molecule has 0 amide bonds. The summed E-state index contributed by atoms with van der Waals surface area (Å²) < 4.78 is 0. The minimum Gasteiger partial charge on any atom is -0.269 e. The van der Waals surface area contributed by atoms with Crippen LogP contribution in [0.25, 0.3) is 0 Å². The molecule has 0 aromatic heterocycles. The SMILES string of the molecule is CCCCCCCCCCC/C=C/C=C=C=CCCC(=O)OOO. The molecular formula is C20H32O4. The van der Waals surface area contributed by atoms with Crippen molar-refractivity contribution >= 4 is 5.97 Å². The zero-order chi connectivity index (χ0) is 17.7. The number of unbranched alkanes of at least 4 members (excludes halogenated alkanes) is 9. The van der Waals surface area contributed by atoms with E-state index in [9.17, 15) is 4.79 Å². The maximum atomic E-state index is 10.8. The molecule has 0 rings (SSSR count). The second-order valence-electron chi connectivity index (χ2n) is 5.77. The smallest absolute Gasteiger partial charge is 0.269 e. The number of carbonyl (C=O) groups excluding carboxylic acids is 1. The second-order valence-corrected chi connectivity index (χ2v) is 5.77. The Morgan fingerprint density at radius 3 is 2.29 bits per heavy atom. The molecule has 0 aliphatic carbocycles. The summed E-state index contributed by atoms with van der Waals surface area (Å²) in [6, 6.07) is 0. The Morgan fingerprint density at radius 2 is 1.62 bits per heavy atom. The van der Waals surface area contributed by atoms with Crippen molar-refractivity contribution < 1.29 is 20.0 Å². The van der Waals surface area contributed by atoms with Crippen molar-refractivity contribution in [2.75, 3.05) is 0 Å². The zero-order valence-electron chi connectivity index (χ0n) is 15.0. The molecule has 0 saturated carbocycles. The maximum Gasteiger partial charge on any atom is 0.345 e. The highest BCUT2D eigenvalue weighted by Crippen LogP contribution is 2.10. The Labute approximate surface area is 146 Å². The standard InChI is InChI=1S/C20H32O4/c1-2-3-4-5-6-7-8-9-10-11-12-13-14-15-16-17-18-19-20(21)23-24-22/h12-14,17,22H,2-11,18-19H2,1H3/b13-12+,17-14?. The molecule has 0 saturated heterocycles. The van der Waals surface area contributed by atoms with E-state index < -0.39 is 5.97 Å². The summed E-state index contributed by atoms with van der Waals surface area (Å²) in [7, 11) is 0. The average Bonchev–Trinajstić information content (AvgIpc) is 2.58. The predicted octanol–water partition coefficient (Wildman–Crippen LogP) is 6.06. The molecule has 0 aliphatic rings. The summed E-state index contributed by atoms with van der Waals surface area (Å²) >= 11 is 0. The van der Waals surface area contributed by atoms with E-state index in [0.29, 0.717) is 6.42 Å². The summed E-state index contributed by atoms with van der Waals surface area (Å²) in [5.74, 6) is -0.625. The first-order valence-electron chi connectivity index (χ1n) is 9.13.